The summed E-state index contributed by atoms with van der Waals surface area (Å²) in [6, 6.07) is 12.0. The Hall–Kier alpha value is -3.88. The molecule has 1 saturated heterocycles. The highest BCUT2D eigenvalue weighted by atomic mass is 16.5. The molecule has 1 aliphatic carbocycles. The Morgan fingerprint density at radius 3 is 2.59 bits per heavy atom. The third kappa shape index (κ3) is 3.17. The summed E-state index contributed by atoms with van der Waals surface area (Å²) in [4.78, 5) is 51.0. The molecular formula is C23H22N4O5. The fourth-order valence-corrected chi connectivity index (χ4v) is 4.55. The zero-order valence-electron chi connectivity index (χ0n) is 17.7. The zero-order chi connectivity index (χ0) is 22.7. The number of anilines is 2. The van der Waals surface area contributed by atoms with E-state index in [-0.39, 0.29) is 24.3 Å². The number of nitrogens with one attached hydrogen (secondary N) is 3. The van der Waals surface area contributed by atoms with Crippen LogP contribution in [0.4, 0.5) is 16.2 Å². The van der Waals surface area contributed by atoms with Gasteiger partial charge < -0.3 is 15.4 Å². The molecule has 1 fully saturated rings. The average Bonchev–Trinajstić information content (AvgIpc) is 3.22. The van der Waals surface area contributed by atoms with E-state index in [9.17, 15) is 19.2 Å². The molecule has 2 aliphatic heterocycles. The van der Waals surface area contributed by atoms with E-state index in [1.165, 1.54) is 4.90 Å². The van der Waals surface area contributed by atoms with Gasteiger partial charge in [-0.15, -0.1) is 0 Å². The van der Waals surface area contributed by atoms with Crippen LogP contribution in [-0.2, 0) is 27.2 Å². The summed E-state index contributed by atoms with van der Waals surface area (Å²) in [6.45, 7) is 3.18. The van der Waals surface area contributed by atoms with Crippen LogP contribution in [0.25, 0.3) is 0 Å². The number of rotatable bonds is 3. The van der Waals surface area contributed by atoms with Crippen LogP contribution < -0.4 is 25.6 Å². The molecule has 2 aromatic carbocycles. The van der Waals surface area contributed by atoms with Crippen molar-refractivity contribution in [2.75, 3.05) is 16.8 Å². The van der Waals surface area contributed by atoms with Gasteiger partial charge in [0.2, 0.25) is 5.91 Å². The number of benzene rings is 2. The Bertz CT molecular complexity index is 1190. The summed E-state index contributed by atoms with van der Waals surface area (Å²) < 4.78 is 5.79. The van der Waals surface area contributed by atoms with Crippen molar-refractivity contribution in [1.29, 1.82) is 0 Å². The van der Waals surface area contributed by atoms with Crippen molar-refractivity contribution in [1.82, 2.24) is 10.6 Å². The zero-order valence-corrected chi connectivity index (χ0v) is 17.7. The summed E-state index contributed by atoms with van der Waals surface area (Å²) in [5.41, 5.74) is 0.892. The van der Waals surface area contributed by atoms with Crippen molar-refractivity contribution in [3.05, 3.63) is 53.6 Å². The minimum atomic E-state index is -1.08. The van der Waals surface area contributed by atoms with Gasteiger partial charge >= 0.3 is 6.03 Å². The van der Waals surface area contributed by atoms with Gasteiger partial charge in [0, 0.05) is 18.5 Å². The second-order valence-electron chi connectivity index (χ2n) is 8.85. The molecule has 0 unspecified atom stereocenters. The highest BCUT2D eigenvalue weighted by Gasteiger charge is 2.50. The topological polar surface area (TPSA) is 117 Å². The van der Waals surface area contributed by atoms with Crippen LogP contribution in [0.15, 0.2) is 42.5 Å². The normalized spacial score (nSPS) is 22.7. The SMILES string of the molecule is CC1(C)Oc2ccccc2N(CC(=O)Nc2ccc3c(c2)C[C@@]2(C3)NC(=O)NC2=O)C1=O. The lowest BCUT2D eigenvalue weighted by atomic mass is 9.96. The molecule has 0 radical (unpaired) electrons. The Labute approximate surface area is 184 Å². The summed E-state index contributed by atoms with van der Waals surface area (Å²) in [7, 11) is 0. The van der Waals surface area contributed by atoms with Gasteiger partial charge in [-0.3, -0.25) is 24.6 Å². The van der Waals surface area contributed by atoms with Crippen LogP contribution in [0.2, 0.25) is 0 Å². The summed E-state index contributed by atoms with van der Waals surface area (Å²) in [5.74, 6) is -0.448. The van der Waals surface area contributed by atoms with E-state index in [0.29, 0.717) is 30.0 Å². The van der Waals surface area contributed by atoms with Crippen molar-refractivity contribution < 1.29 is 23.9 Å². The summed E-state index contributed by atoms with van der Waals surface area (Å²) in [5, 5.41) is 7.84. The maximum Gasteiger partial charge on any atom is 0.322 e. The Kier molecular flexibility index (Phi) is 4.27. The maximum atomic E-state index is 12.9. The van der Waals surface area contributed by atoms with Gasteiger partial charge in [0.05, 0.1) is 5.69 Å². The van der Waals surface area contributed by atoms with Gasteiger partial charge in [-0.25, -0.2) is 4.79 Å². The number of hydrogen-bond donors (Lipinski definition) is 3. The molecule has 5 amide bonds. The Balaban J connectivity index is 1.33. The van der Waals surface area contributed by atoms with Gasteiger partial charge in [-0.1, -0.05) is 18.2 Å². The predicted molar refractivity (Wildman–Crippen MR) is 115 cm³/mol. The fraction of sp³-hybridized carbons (Fsp3) is 0.304. The first-order valence-electron chi connectivity index (χ1n) is 10.3. The molecule has 9 nitrogen and oxygen atoms in total. The van der Waals surface area contributed by atoms with Crippen LogP contribution in [0.1, 0.15) is 25.0 Å². The third-order valence-electron chi connectivity index (χ3n) is 6.07. The second-order valence-corrected chi connectivity index (χ2v) is 8.85. The Morgan fingerprint density at radius 1 is 1.09 bits per heavy atom. The molecule has 2 aromatic rings. The van der Waals surface area contributed by atoms with E-state index in [1.807, 2.05) is 12.1 Å². The first-order chi connectivity index (χ1) is 15.2. The van der Waals surface area contributed by atoms with Crippen LogP contribution in [0.5, 0.6) is 5.75 Å². The number of hydrogen-bond acceptors (Lipinski definition) is 5. The smallest absolute Gasteiger partial charge is 0.322 e. The van der Waals surface area contributed by atoms with E-state index in [0.717, 1.165) is 11.1 Å². The van der Waals surface area contributed by atoms with E-state index < -0.39 is 17.2 Å². The first-order valence-corrected chi connectivity index (χ1v) is 10.3. The number of carbonyl (C=O) groups is 4. The second kappa shape index (κ2) is 6.81. The van der Waals surface area contributed by atoms with Gasteiger partial charge in [-0.2, -0.15) is 0 Å². The van der Waals surface area contributed by atoms with Crippen molar-refractivity contribution in [2.45, 2.75) is 37.8 Å². The molecule has 1 spiro atoms. The molecule has 0 saturated carbocycles. The molecular weight excluding hydrogens is 412 g/mol. The monoisotopic (exact) mass is 434 g/mol. The number of amides is 5. The Morgan fingerprint density at radius 2 is 1.84 bits per heavy atom. The van der Waals surface area contributed by atoms with Gasteiger partial charge in [0.1, 0.15) is 17.8 Å². The molecule has 3 aliphatic rings. The molecule has 1 atom stereocenters. The fourth-order valence-electron chi connectivity index (χ4n) is 4.55. The van der Waals surface area contributed by atoms with Gasteiger partial charge in [0.25, 0.3) is 11.8 Å². The molecule has 3 N–H and O–H groups in total. The predicted octanol–water partition coefficient (Wildman–Crippen LogP) is 1.51. The highest BCUT2D eigenvalue weighted by Crippen LogP contribution is 2.37. The number of urea groups is 1. The number of para-hydroxylation sites is 2. The van der Waals surface area contributed by atoms with Crippen LogP contribution >= 0.6 is 0 Å². The van der Waals surface area contributed by atoms with Crippen LogP contribution in [0, 0.1) is 0 Å². The van der Waals surface area contributed by atoms with Crippen LogP contribution in [-0.4, -0.2) is 41.4 Å². The quantitative estimate of drug-likeness (QED) is 0.633. The summed E-state index contributed by atoms with van der Waals surface area (Å²) >= 11 is 0. The number of nitrogens with zero attached hydrogens (tertiary/aromatic N) is 1. The molecule has 5 rings (SSSR count). The standard InChI is InChI=1S/C23H22N4O5/c1-22(2)20(30)27(16-5-3-4-6-17(16)32-22)12-18(28)24-15-8-7-13-10-23(11-14(13)9-15)19(29)25-21(31)26-23/h3-9H,10-12H2,1-2H3,(H,24,28)(H2,25,26,29,31)/t23-/m1/s1. The van der Waals surface area contributed by atoms with Crippen LogP contribution in [0.3, 0.4) is 0 Å². The molecule has 0 bridgehead atoms. The van der Waals surface area contributed by atoms with Gasteiger partial charge in [0.15, 0.2) is 5.60 Å². The molecule has 32 heavy (non-hydrogen) atoms. The minimum Gasteiger partial charge on any atom is -0.476 e. The minimum absolute atomic E-state index is 0.165. The first kappa shape index (κ1) is 20.0. The molecule has 0 aromatic heterocycles. The molecule has 164 valence electrons. The van der Waals surface area contributed by atoms with Gasteiger partial charge in [-0.05, 0) is 49.2 Å². The number of carbonyl (C=O) groups excluding carboxylic acids is 4. The lowest BCUT2D eigenvalue weighted by Gasteiger charge is -2.38. The van der Waals surface area contributed by atoms with E-state index >= 15 is 0 Å². The van der Waals surface area contributed by atoms with E-state index in [4.69, 9.17) is 4.74 Å². The van der Waals surface area contributed by atoms with Crippen molar-refractivity contribution >= 4 is 35.1 Å². The largest absolute Gasteiger partial charge is 0.476 e. The average molecular weight is 434 g/mol. The van der Waals surface area contributed by atoms with E-state index in [1.54, 1.807) is 44.2 Å². The highest BCUT2D eigenvalue weighted by molar-refractivity contribution is 6.09. The summed E-state index contributed by atoms with van der Waals surface area (Å²) in [6.07, 6.45) is 0.759. The lowest BCUT2D eigenvalue weighted by Crippen LogP contribution is -2.54. The molecule has 9 heteroatoms. The van der Waals surface area contributed by atoms with E-state index in [2.05, 4.69) is 16.0 Å². The van der Waals surface area contributed by atoms with Crippen molar-refractivity contribution in [2.24, 2.45) is 0 Å². The number of ether oxygens (including phenoxy) is 1. The van der Waals surface area contributed by atoms with Crippen molar-refractivity contribution in [3.8, 4) is 5.75 Å². The number of imide groups is 1. The lowest BCUT2D eigenvalue weighted by molar-refractivity contribution is -0.133. The third-order valence-corrected chi connectivity index (χ3v) is 6.07. The maximum absolute atomic E-state index is 12.9. The van der Waals surface area contributed by atoms with Crippen molar-refractivity contribution in [3.63, 3.8) is 0 Å². The number of fused-ring (bicyclic) bond motifs is 2. The molecule has 2 heterocycles.